The fraction of sp³-hybridized carbons (Fsp3) is 0.0476. The number of amides is 1. The number of hydrogen-bond donors (Lipinski definition) is 2. The minimum atomic E-state index is -0.255. The van der Waals surface area contributed by atoms with Crippen LogP contribution in [0.25, 0.3) is 5.69 Å². The molecular formula is C21H17N5OS2. The summed E-state index contributed by atoms with van der Waals surface area (Å²) in [6, 6.07) is 21.3. The molecule has 2 N–H and O–H groups in total. The third kappa shape index (κ3) is 4.74. The van der Waals surface area contributed by atoms with Crippen LogP contribution in [-0.2, 0) is 6.54 Å². The first-order chi connectivity index (χ1) is 14.2. The Morgan fingerprint density at radius 1 is 1.03 bits per heavy atom. The van der Waals surface area contributed by atoms with Crippen molar-refractivity contribution in [3.63, 3.8) is 0 Å². The van der Waals surface area contributed by atoms with Crippen LogP contribution >= 0.6 is 23.6 Å². The fourth-order valence-corrected chi connectivity index (χ4v) is 3.55. The Morgan fingerprint density at radius 2 is 1.83 bits per heavy atom. The van der Waals surface area contributed by atoms with E-state index in [4.69, 9.17) is 12.2 Å². The Hall–Kier alpha value is -3.36. The van der Waals surface area contributed by atoms with E-state index in [1.165, 1.54) is 0 Å². The number of thiophene rings is 1. The highest BCUT2D eigenvalue weighted by Crippen LogP contribution is 2.13. The molecule has 4 aromatic rings. The van der Waals surface area contributed by atoms with Gasteiger partial charge in [0.25, 0.3) is 5.91 Å². The van der Waals surface area contributed by atoms with Crippen LogP contribution in [0.2, 0.25) is 0 Å². The summed E-state index contributed by atoms with van der Waals surface area (Å²) in [5.41, 5.74) is 2.89. The molecule has 2 heterocycles. The van der Waals surface area contributed by atoms with Gasteiger partial charge in [0.05, 0.1) is 18.4 Å². The van der Waals surface area contributed by atoms with Crippen molar-refractivity contribution in [3.05, 3.63) is 94.4 Å². The number of carbonyl (C=O) groups excluding carboxylic acids is 1. The van der Waals surface area contributed by atoms with Crippen molar-refractivity contribution >= 4 is 40.1 Å². The topological polar surface area (TPSA) is 71.8 Å². The summed E-state index contributed by atoms with van der Waals surface area (Å²) >= 11 is 7.06. The molecule has 0 aliphatic heterocycles. The number of nitrogens with one attached hydrogen (secondary N) is 2. The van der Waals surface area contributed by atoms with Crippen LogP contribution in [0, 0.1) is 0 Å². The summed E-state index contributed by atoms with van der Waals surface area (Å²) in [4.78, 5) is 14.0. The monoisotopic (exact) mass is 419 g/mol. The maximum atomic E-state index is 12.3. The van der Waals surface area contributed by atoms with E-state index in [-0.39, 0.29) is 11.6 Å². The molecule has 0 spiro atoms. The molecule has 0 aliphatic carbocycles. The summed E-state index contributed by atoms with van der Waals surface area (Å²) in [7, 11) is 0. The van der Waals surface area contributed by atoms with Crippen molar-refractivity contribution < 1.29 is 4.79 Å². The van der Waals surface area contributed by atoms with Gasteiger partial charge < -0.3 is 10.6 Å². The number of hydrogen-bond acceptors (Lipinski definition) is 5. The predicted octanol–water partition coefficient (Wildman–Crippen LogP) is 4.05. The van der Waals surface area contributed by atoms with Gasteiger partial charge in [-0.25, -0.2) is 4.68 Å². The van der Waals surface area contributed by atoms with E-state index in [0.29, 0.717) is 11.5 Å². The highest BCUT2D eigenvalue weighted by atomic mass is 32.1. The van der Waals surface area contributed by atoms with Gasteiger partial charge >= 0.3 is 0 Å². The van der Waals surface area contributed by atoms with Gasteiger partial charge in [0.1, 0.15) is 4.99 Å². The van der Waals surface area contributed by atoms with Crippen LogP contribution < -0.4 is 10.6 Å². The first kappa shape index (κ1) is 19.0. The minimum Gasteiger partial charge on any atom is -0.346 e. The van der Waals surface area contributed by atoms with Gasteiger partial charge in [0, 0.05) is 16.1 Å². The highest BCUT2D eigenvalue weighted by Gasteiger charge is 2.12. The van der Waals surface area contributed by atoms with Crippen molar-refractivity contribution in [2.24, 2.45) is 0 Å². The molecule has 2 aromatic carbocycles. The molecule has 0 unspecified atom stereocenters. The molecule has 0 radical (unpaired) electrons. The number of benzene rings is 2. The van der Waals surface area contributed by atoms with Crippen molar-refractivity contribution in [3.8, 4) is 5.69 Å². The molecule has 4 rings (SSSR count). The average molecular weight is 420 g/mol. The lowest BCUT2D eigenvalue weighted by Crippen LogP contribution is -2.22. The number of thiocarbonyl (C=S) groups is 1. The second-order valence-electron chi connectivity index (χ2n) is 6.18. The van der Waals surface area contributed by atoms with Gasteiger partial charge in [-0.1, -0.05) is 41.7 Å². The van der Waals surface area contributed by atoms with Gasteiger partial charge in [-0.15, -0.1) is 16.4 Å². The molecule has 1 amide bonds. The van der Waals surface area contributed by atoms with Gasteiger partial charge in [-0.05, 0) is 47.8 Å². The second-order valence-corrected chi connectivity index (χ2v) is 7.62. The lowest BCUT2D eigenvalue weighted by Gasteiger charge is -2.08. The largest absolute Gasteiger partial charge is 0.346 e. The fourth-order valence-electron chi connectivity index (χ4n) is 2.66. The van der Waals surface area contributed by atoms with E-state index in [2.05, 4.69) is 20.9 Å². The van der Waals surface area contributed by atoms with Crippen molar-refractivity contribution in [1.82, 2.24) is 20.3 Å². The van der Waals surface area contributed by atoms with Crippen LogP contribution in [0.1, 0.15) is 20.9 Å². The Bertz CT molecular complexity index is 1110. The Morgan fingerprint density at radius 3 is 2.55 bits per heavy atom. The SMILES string of the molecule is O=C(NCc1cccs1)c1cn(-c2ccc(C(=S)Nc3ccccc3)cc2)nn1. The van der Waals surface area contributed by atoms with Crippen molar-refractivity contribution in [2.75, 3.05) is 5.32 Å². The predicted molar refractivity (Wildman–Crippen MR) is 119 cm³/mol. The van der Waals surface area contributed by atoms with Crippen LogP contribution in [0.15, 0.2) is 78.3 Å². The average Bonchev–Trinajstić information content (AvgIpc) is 3.45. The number of nitrogens with zero attached hydrogens (tertiary/aromatic N) is 3. The van der Waals surface area contributed by atoms with Crippen molar-refractivity contribution in [1.29, 1.82) is 0 Å². The summed E-state index contributed by atoms with van der Waals surface area (Å²) in [6.45, 7) is 0.476. The molecule has 6 nitrogen and oxygen atoms in total. The molecule has 2 aromatic heterocycles. The maximum absolute atomic E-state index is 12.3. The van der Waals surface area contributed by atoms with E-state index >= 15 is 0 Å². The minimum absolute atomic E-state index is 0.255. The summed E-state index contributed by atoms with van der Waals surface area (Å²) in [5, 5.41) is 16.1. The number of anilines is 1. The molecule has 144 valence electrons. The third-order valence-electron chi connectivity index (χ3n) is 4.15. The lowest BCUT2D eigenvalue weighted by atomic mass is 10.2. The van der Waals surface area contributed by atoms with Crippen LogP contribution in [0.3, 0.4) is 0 Å². The normalized spacial score (nSPS) is 10.5. The summed E-state index contributed by atoms with van der Waals surface area (Å²) < 4.78 is 1.57. The molecule has 29 heavy (non-hydrogen) atoms. The molecule has 8 heteroatoms. The highest BCUT2D eigenvalue weighted by molar-refractivity contribution is 7.81. The number of carbonyl (C=O) groups is 1. The zero-order chi connectivity index (χ0) is 20.1. The Kier molecular flexibility index (Phi) is 5.73. The summed E-state index contributed by atoms with van der Waals surface area (Å²) in [6.07, 6.45) is 1.61. The zero-order valence-electron chi connectivity index (χ0n) is 15.3. The smallest absolute Gasteiger partial charge is 0.273 e. The standard InChI is InChI=1S/C21H17N5OS2/c27-20(22-13-18-7-4-12-29-18)19-14-26(25-24-19)17-10-8-15(9-11-17)21(28)23-16-5-2-1-3-6-16/h1-12,14H,13H2,(H,22,27)(H,23,28). The van der Waals surface area contributed by atoms with Gasteiger partial charge in [0.2, 0.25) is 0 Å². The van der Waals surface area contributed by atoms with E-state index in [1.807, 2.05) is 72.1 Å². The molecule has 0 aliphatic rings. The molecule has 0 saturated carbocycles. The Balaban J connectivity index is 1.40. The quantitative estimate of drug-likeness (QED) is 0.462. The zero-order valence-corrected chi connectivity index (χ0v) is 16.9. The second kappa shape index (κ2) is 8.76. The van der Waals surface area contributed by atoms with Gasteiger partial charge in [-0.2, -0.15) is 0 Å². The molecule has 0 saturated heterocycles. The van der Waals surface area contributed by atoms with E-state index < -0.39 is 0 Å². The van der Waals surface area contributed by atoms with Crippen LogP contribution in [0.5, 0.6) is 0 Å². The maximum Gasteiger partial charge on any atom is 0.273 e. The van der Waals surface area contributed by atoms with Crippen LogP contribution in [-0.4, -0.2) is 25.9 Å². The lowest BCUT2D eigenvalue weighted by molar-refractivity contribution is 0.0946. The van der Waals surface area contributed by atoms with E-state index in [0.717, 1.165) is 21.8 Å². The third-order valence-corrected chi connectivity index (χ3v) is 5.37. The first-order valence-electron chi connectivity index (χ1n) is 8.89. The van der Waals surface area contributed by atoms with Gasteiger partial charge in [-0.3, -0.25) is 4.79 Å². The number of para-hydroxylation sites is 1. The van der Waals surface area contributed by atoms with E-state index in [9.17, 15) is 4.79 Å². The molecular weight excluding hydrogens is 402 g/mol. The van der Waals surface area contributed by atoms with Crippen LogP contribution in [0.4, 0.5) is 5.69 Å². The van der Waals surface area contributed by atoms with E-state index in [1.54, 1.807) is 22.2 Å². The summed E-state index contributed by atoms with van der Waals surface area (Å²) in [5.74, 6) is -0.255. The molecule has 0 atom stereocenters. The number of aromatic nitrogens is 3. The van der Waals surface area contributed by atoms with Gasteiger partial charge in [0.15, 0.2) is 5.69 Å². The van der Waals surface area contributed by atoms with Crippen molar-refractivity contribution in [2.45, 2.75) is 6.54 Å². The molecule has 0 bridgehead atoms. The Labute approximate surface area is 177 Å². The first-order valence-corrected chi connectivity index (χ1v) is 10.2. The number of rotatable bonds is 6. The molecule has 0 fully saturated rings.